The molecule has 0 aliphatic heterocycles. The summed E-state index contributed by atoms with van der Waals surface area (Å²) in [5.74, 6) is 0. The van der Waals surface area contributed by atoms with Crippen LogP contribution in [-0.4, -0.2) is 24.7 Å². The molecule has 0 atom stereocenters. The summed E-state index contributed by atoms with van der Waals surface area (Å²) in [6.45, 7) is 2.19. The van der Waals surface area contributed by atoms with E-state index in [0.717, 1.165) is 6.42 Å². The van der Waals surface area contributed by atoms with E-state index in [2.05, 4.69) is 12.0 Å². The molecule has 0 aromatic heterocycles. The molecule has 0 heterocycles. The van der Waals surface area contributed by atoms with Crippen LogP contribution in [0.1, 0.15) is 39.0 Å². The van der Waals surface area contributed by atoms with Gasteiger partial charge in [0.15, 0.2) is 0 Å². The third-order valence-corrected chi connectivity index (χ3v) is 1.60. The monoisotopic (exact) mass is 170 g/mol. The molecule has 0 aliphatic rings. The van der Waals surface area contributed by atoms with Crippen LogP contribution in [0.4, 0.5) is 0 Å². The number of amides is 1. The molecular weight excluding hydrogens is 152 g/mol. The van der Waals surface area contributed by atoms with E-state index >= 15 is 0 Å². The van der Waals surface area contributed by atoms with Gasteiger partial charge in [0.25, 0.3) is 0 Å². The Morgan fingerprint density at radius 3 is 2.67 bits per heavy atom. The highest BCUT2D eigenvalue weighted by atomic mass is 16.1. The second kappa shape index (κ2) is 8.24. The maximum absolute atomic E-state index is 10.1. The molecule has 0 aromatic rings. The number of hydrazone groups is 1. The molecule has 0 aromatic carbocycles. The second-order valence-electron chi connectivity index (χ2n) is 2.83. The van der Waals surface area contributed by atoms with E-state index < -0.39 is 0 Å². The Bertz CT molecular complexity index is 134. The number of unbranched alkanes of at least 4 members (excludes halogenated alkanes) is 4. The minimum absolute atomic E-state index is 0.697. The molecule has 0 aliphatic carbocycles. The van der Waals surface area contributed by atoms with E-state index in [9.17, 15) is 4.79 Å². The summed E-state index contributed by atoms with van der Waals surface area (Å²) >= 11 is 0. The summed E-state index contributed by atoms with van der Waals surface area (Å²) in [5, 5.41) is 5.16. The first-order chi connectivity index (χ1) is 5.81. The quantitative estimate of drug-likeness (QED) is 0.249. The van der Waals surface area contributed by atoms with Crippen molar-refractivity contribution in [3.8, 4) is 0 Å². The standard InChI is InChI=1S/C9H18N2O/c1-3-4-5-6-7-8-10-11(2)9-12/h8-9H,3-7H2,1-2H3/b10-8+. The molecule has 1 amide bonds. The van der Waals surface area contributed by atoms with E-state index in [4.69, 9.17) is 0 Å². The third-order valence-electron chi connectivity index (χ3n) is 1.60. The number of carbonyl (C=O) groups excluding carboxylic acids is 1. The molecule has 3 heteroatoms. The van der Waals surface area contributed by atoms with Crippen molar-refractivity contribution in [1.29, 1.82) is 0 Å². The Kier molecular flexibility index (Phi) is 7.65. The average Bonchev–Trinajstić information content (AvgIpc) is 2.10. The molecular formula is C9H18N2O. The average molecular weight is 170 g/mol. The zero-order chi connectivity index (χ0) is 9.23. The molecule has 0 saturated carbocycles. The Balaban J connectivity index is 3.18. The Labute approximate surface area is 74.4 Å². The predicted molar refractivity (Wildman–Crippen MR) is 51.1 cm³/mol. The van der Waals surface area contributed by atoms with Crippen molar-refractivity contribution >= 4 is 12.6 Å². The topological polar surface area (TPSA) is 32.7 Å². The van der Waals surface area contributed by atoms with E-state index in [1.165, 1.54) is 30.7 Å². The molecule has 0 radical (unpaired) electrons. The van der Waals surface area contributed by atoms with Crippen molar-refractivity contribution < 1.29 is 4.79 Å². The molecule has 0 fully saturated rings. The predicted octanol–water partition coefficient (Wildman–Crippen LogP) is 2.03. The molecule has 0 rings (SSSR count). The van der Waals surface area contributed by atoms with Crippen LogP contribution in [0.5, 0.6) is 0 Å². The van der Waals surface area contributed by atoms with Gasteiger partial charge in [-0.15, -0.1) is 0 Å². The van der Waals surface area contributed by atoms with E-state index in [0.29, 0.717) is 6.41 Å². The highest BCUT2D eigenvalue weighted by molar-refractivity contribution is 5.59. The normalized spacial score (nSPS) is 10.5. The van der Waals surface area contributed by atoms with Crippen molar-refractivity contribution in [3.63, 3.8) is 0 Å². The molecule has 0 spiro atoms. The zero-order valence-corrected chi connectivity index (χ0v) is 7.99. The largest absolute Gasteiger partial charge is 0.277 e. The maximum atomic E-state index is 10.1. The van der Waals surface area contributed by atoms with Crippen molar-refractivity contribution in [1.82, 2.24) is 5.01 Å². The maximum Gasteiger partial charge on any atom is 0.229 e. The minimum atomic E-state index is 0.697. The third kappa shape index (κ3) is 7.25. The van der Waals surface area contributed by atoms with Gasteiger partial charge in [0.05, 0.1) is 0 Å². The first-order valence-electron chi connectivity index (χ1n) is 4.51. The van der Waals surface area contributed by atoms with Crippen LogP contribution >= 0.6 is 0 Å². The Morgan fingerprint density at radius 2 is 2.08 bits per heavy atom. The summed E-state index contributed by atoms with van der Waals surface area (Å²) in [6, 6.07) is 0. The highest BCUT2D eigenvalue weighted by Gasteiger charge is 1.86. The van der Waals surface area contributed by atoms with Crippen molar-refractivity contribution in [2.45, 2.75) is 39.0 Å². The van der Waals surface area contributed by atoms with Gasteiger partial charge in [0, 0.05) is 13.3 Å². The lowest BCUT2D eigenvalue weighted by Gasteiger charge is -1.99. The molecule has 0 saturated heterocycles. The van der Waals surface area contributed by atoms with Gasteiger partial charge in [-0.1, -0.05) is 26.2 Å². The van der Waals surface area contributed by atoms with Crippen LogP contribution < -0.4 is 0 Å². The Morgan fingerprint density at radius 1 is 1.33 bits per heavy atom. The molecule has 0 N–H and O–H groups in total. The summed E-state index contributed by atoms with van der Waals surface area (Å²) in [5.41, 5.74) is 0. The number of rotatable bonds is 7. The van der Waals surface area contributed by atoms with Gasteiger partial charge in [-0.2, -0.15) is 5.10 Å². The molecule has 3 nitrogen and oxygen atoms in total. The first kappa shape index (κ1) is 11.1. The fourth-order valence-electron chi connectivity index (χ4n) is 0.876. The first-order valence-corrected chi connectivity index (χ1v) is 4.51. The summed E-state index contributed by atoms with van der Waals surface area (Å²) < 4.78 is 0. The Hall–Kier alpha value is -0.860. The van der Waals surface area contributed by atoms with Crippen LogP contribution in [-0.2, 0) is 4.79 Å². The van der Waals surface area contributed by atoms with Gasteiger partial charge >= 0.3 is 0 Å². The van der Waals surface area contributed by atoms with Crippen molar-refractivity contribution in [2.24, 2.45) is 5.10 Å². The fourth-order valence-corrected chi connectivity index (χ4v) is 0.876. The van der Waals surface area contributed by atoms with E-state index in [1.807, 2.05) is 0 Å². The molecule has 12 heavy (non-hydrogen) atoms. The molecule has 70 valence electrons. The van der Waals surface area contributed by atoms with Crippen LogP contribution in [0.25, 0.3) is 0 Å². The van der Waals surface area contributed by atoms with Crippen LogP contribution in [0, 0.1) is 0 Å². The number of nitrogens with zero attached hydrogens (tertiary/aromatic N) is 2. The number of hydrogen-bond donors (Lipinski definition) is 0. The highest BCUT2D eigenvalue weighted by Crippen LogP contribution is 2.00. The van der Waals surface area contributed by atoms with E-state index in [-0.39, 0.29) is 0 Å². The number of carbonyl (C=O) groups is 1. The SMILES string of the molecule is CCCCCC/C=N/N(C)C=O. The summed E-state index contributed by atoms with van der Waals surface area (Å²) in [7, 11) is 1.63. The van der Waals surface area contributed by atoms with E-state index in [1.54, 1.807) is 13.3 Å². The minimum Gasteiger partial charge on any atom is -0.277 e. The van der Waals surface area contributed by atoms with Gasteiger partial charge in [-0.05, 0) is 12.8 Å². The van der Waals surface area contributed by atoms with Crippen LogP contribution in [0.15, 0.2) is 5.10 Å². The van der Waals surface area contributed by atoms with Gasteiger partial charge < -0.3 is 0 Å². The van der Waals surface area contributed by atoms with Gasteiger partial charge in [0.2, 0.25) is 6.41 Å². The zero-order valence-electron chi connectivity index (χ0n) is 7.99. The van der Waals surface area contributed by atoms with Gasteiger partial charge in [-0.3, -0.25) is 4.79 Å². The van der Waals surface area contributed by atoms with Crippen molar-refractivity contribution in [2.75, 3.05) is 7.05 Å². The van der Waals surface area contributed by atoms with Crippen LogP contribution in [0.3, 0.4) is 0 Å². The fraction of sp³-hybridized carbons (Fsp3) is 0.778. The lowest BCUT2D eigenvalue weighted by Crippen LogP contribution is -2.06. The van der Waals surface area contributed by atoms with Crippen LogP contribution in [0.2, 0.25) is 0 Å². The van der Waals surface area contributed by atoms with Gasteiger partial charge in [0.1, 0.15) is 0 Å². The molecule has 0 unspecified atom stereocenters. The smallest absolute Gasteiger partial charge is 0.229 e. The second-order valence-corrected chi connectivity index (χ2v) is 2.83. The summed E-state index contributed by atoms with van der Waals surface area (Å²) in [6.07, 6.45) is 8.44. The lowest BCUT2D eigenvalue weighted by molar-refractivity contribution is -0.116. The lowest BCUT2D eigenvalue weighted by atomic mass is 10.2. The van der Waals surface area contributed by atoms with Gasteiger partial charge in [-0.25, -0.2) is 5.01 Å². The van der Waals surface area contributed by atoms with Crippen molar-refractivity contribution in [3.05, 3.63) is 0 Å². The summed E-state index contributed by atoms with van der Waals surface area (Å²) in [4.78, 5) is 10.1. The molecule has 0 bridgehead atoms. The number of hydrogen-bond acceptors (Lipinski definition) is 2.